The smallest absolute Gasteiger partial charge is 0.255 e. The van der Waals surface area contributed by atoms with Gasteiger partial charge in [0.25, 0.3) is 5.91 Å². The second-order valence-corrected chi connectivity index (χ2v) is 8.30. The number of nitrogens with one attached hydrogen (secondary N) is 2. The normalized spacial score (nSPS) is 14.8. The van der Waals surface area contributed by atoms with Crippen LogP contribution in [0.5, 0.6) is 5.75 Å². The van der Waals surface area contributed by atoms with E-state index in [0.29, 0.717) is 40.3 Å². The van der Waals surface area contributed by atoms with E-state index in [0.717, 1.165) is 11.1 Å². The van der Waals surface area contributed by atoms with Gasteiger partial charge in [-0.2, -0.15) is 10.1 Å². The molecule has 34 heavy (non-hydrogen) atoms. The summed E-state index contributed by atoms with van der Waals surface area (Å²) in [6, 6.07) is 24.0. The van der Waals surface area contributed by atoms with E-state index in [2.05, 4.69) is 20.7 Å². The zero-order valence-electron chi connectivity index (χ0n) is 18.4. The van der Waals surface area contributed by atoms with Crippen molar-refractivity contribution in [2.45, 2.75) is 19.6 Å². The number of fused-ring (bicyclic) bond motifs is 1. The van der Waals surface area contributed by atoms with E-state index in [-0.39, 0.29) is 5.91 Å². The summed E-state index contributed by atoms with van der Waals surface area (Å²) in [5, 5.41) is 11.3. The topological polar surface area (TPSA) is 81.1 Å². The number of carbonyl (C=O) groups excluding carboxylic acids is 1. The Kier molecular flexibility index (Phi) is 6.01. The Bertz CT molecular complexity index is 1350. The van der Waals surface area contributed by atoms with Crippen molar-refractivity contribution in [1.82, 2.24) is 14.8 Å². The van der Waals surface area contributed by atoms with E-state index in [1.54, 1.807) is 4.68 Å². The zero-order chi connectivity index (χ0) is 23.5. The summed E-state index contributed by atoms with van der Waals surface area (Å²) in [6.07, 6.45) is 1.47. The van der Waals surface area contributed by atoms with E-state index >= 15 is 0 Å². The molecule has 1 amide bonds. The van der Waals surface area contributed by atoms with Crippen LogP contribution in [0, 0.1) is 0 Å². The predicted molar refractivity (Wildman–Crippen MR) is 132 cm³/mol. The number of anilines is 2. The predicted octanol–water partition coefficient (Wildman–Crippen LogP) is 5.44. The van der Waals surface area contributed by atoms with E-state index in [4.69, 9.17) is 16.3 Å². The number of nitrogens with zero attached hydrogens (tertiary/aromatic N) is 3. The first kappa shape index (κ1) is 21.7. The van der Waals surface area contributed by atoms with Crippen LogP contribution in [0.2, 0.25) is 5.02 Å². The van der Waals surface area contributed by atoms with Crippen molar-refractivity contribution in [3.05, 3.63) is 113 Å². The van der Waals surface area contributed by atoms with Gasteiger partial charge in [0, 0.05) is 22.0 Å². The Morgan fingerprint density at radius 3 is 2.59 bits per heavy atom. The number of halogens is 1. The third-order valence-corrected chi connectivity index (χ3v) is 5.84. The SMILES string of the molecule is CC1=C(C(=O)Nc2ccccc2)C(c2ccccc2OCc2ccc(Cl)cc2)n2ncnc2N1. The molecule has 0 bridgehead atoms. The van der Waals surface area contributed by atoms with Gasteiger partial charge in [-0.15, -0.1) is 0 Å². The number of aromatic nitrogens is 3. The molecule has 0 fully saturated rings. The molecule has 1 aromatic heterocycles. The molecule has 3 aromatic carbocycles. The number of allylic oxidation sites excluding steroid dienone is 1. The molecular formula is C26H22ClN5O2. The number of ether oxygens (including phenoxy) is 1. The molecule has 0 radical (unpaired) electrons. The van der Waals surface area contributed by atoms with Gasteiger partial charge in [0.05, 0.1) is 5.57 Å². The fourth-order valence-corrected chi connectivity index (χ4v) is 4.10. The third kappa shape index (κ3) is 4.38. The number of para-hydroxylation sites is 2. The number of hydrogen-bond acceptors (Lipinski definition) is 5. The highest BCUT2D eigenvalue weighted by Crippen LogP contribution is 2.39. The average Bonchev–Trinajstić information content (AvgIpc) is 3.32. The lowest BCUT2D eigenvalue weighted by atomic mass is 9.94. The first-order valence-electron chi connectivity index (χ1n) is 10.8. The molecule has 0 saturated heterocycles. The number of carbonyl (C=O) groups is 1. The van der Waals surface area contributed by atoms with Gasteiger partial charge in [-0.25, -0.2) is 4.68 Å². The van der Waals surface area contributed by atoms with Crippen molar-refractivity contribution in [3.8, 4) is 5.75 Å². The molecule has 8 heteroatoms. The lowest BCUT2D eigenvalue weighted by Gasteiger charge is -2.29. The molecule has 2 heterocycles. The largest absolute Gasteiger partial charge is 0.489 e. The summed E-state index contributed by atoms with van der Waals surface area (Å²) in [5.41, 5.74) is 3.74. The van der Waals surface area contributed by atoms with Crippen molar-refractivity contribution in [1.29, 1.82) is 0 Å². The van der Waals surface area contributed by atoms with Crippen molar-refractivity contribution < 1.29 is 9.53 Å². The quantitative estimate of drug-likeness (QED) is 0.391. The minimum Gasteiger partial charge on any atom is -0.489 e. The van der Waals surface area contributed by atoms with E-state index in [1.165, 1.54) is 6.33 Å². The highest BCUT2D eigenvalue weighted by Gasteiger charge is 2.35. The minimum atomic E-state index is -0.524. The van der Waals surface area contributed by atoms with Crippen LogP contribution in [-0.2, 0) is 11.4 Å². The summed E-state index contributed by atoms with van der Waals surface area (Å²) < 4.78 is 7.92. The maximum atomic E-state index is 13.5. The van der Waals surface area contributed by atoms with Crippen LogP contribution in [0.4, 0.5) is 11.6 Å². The highest BCUT2D eigenvalue weighted by molar-refractivity contribution is 6.30. The maximum absolute atomic E-state index is 13.5. The summed E-state index contributed by atoms with van der Waals surface area (Å²) >= 11 is 6.00. The molecule has 4 aromatic rings. The summed E-state index contributed by atoms with van der Waals surface area (Å²) in [6.45, 7) is 2.22. The van der Waals surface area contributed by atoms with E-state index < -0.39 is 6.04 Å². The molecule has 0 spiro atoms. The summed E-state index contributed by atoms with van der Waals surface area (Å²) in [4.78, 5) is 17.8. The molecule has 5 rings (SSSR count). The monoisotopic (exact) mass is 471 g/mol. The van der Waals surface area contributed by atoms with E-state index in [9.17, 15) is 4.79 Å². The van der Waals surface area contributed by atoms with Gasteiger partial charge in [0.15, 0.2) is 0 Å². The minimum absolute atomic E-state index is 0.227. The van der Waals surface area contributed by atoms with Gasteiger partial charge in [-0.3, -0.25) is 4.79 Å². The first-order valence-corrected chi connectivity index (χ1v) is 11.2. The van der Waals surface area contributed by atoms with Crippen molar-refractivity contribution in [2.75, 3.05) is 10.6 Å². The van der Waals surface area contributed by atoms with E-state index in [1.807, 2.05) is 85.8 Å². The first-order chi connectivity index (χ1) is 16.6. The number of rotatable bonds is 6. The third-order valence-electron chi connectivity index (χ3n) is 5.59. The second-order valence-electron chi connectivity index (χ2n) is 7.87. The fraction of sp³-hybridized carbons (Fsp3) is 0.115. The molecule has 0 aliphatic carbocycles. The summed E-state index contributed by atoms with van der Waals surface area (Å²) in [7, 11) is 0. The molecule has 1 atom stereocenters. The lowest BCUT2D eigenvalue weighted by Crippen LogP contribution is -2.31. The molecule has 170 valence electrons. The average molecular weight is 472 g/mol. The highest BCUT2D eigenvalue weighted by atomic mass is 35.5. The number of amides is 1. The molecule has 1 unspecified atom stereocenters. The summed E-state index contributed by atoms with van der Waals surface area (Å²) in [5.74, 6) is 0.990. The van der Waals surface area contributed by atoms with Gasteiger partial charge in [0.2, 0.25) is 5.95 Å². The van der Waals surface area contributed by atoms with Crippen molar-refractivity contribution in [2.24, 2.45) is 0 Å². The Morgan fingerprint density at radius 1 is 1.06 bits per heavy atom. The Hall–Kier alpha value is -4.10. The second kappa shape index (κ2) is 9.41. The Morgan fingerprint density at radius 2 is 1.79 bits per heavy atom. The van der Waals surface area contributed by atoms with Gasteiger partial charge >= 0.3 is 0 Å². The van der Waals surface area contributed by atoms with Crippen LogP contribution in [0.25, 0.3) is 0 Å². The Labute approximate surface area is 202 Å². The van der Waals surface area contributed by atoms with Crippen LogP contribution in [0.15, 0.2) is 96.5 Å². The molecule has 2 N–H and O–H groups in total. The number of hydrogen-bond donors (Lipinski definition) is 2. The molecule has 1 aliphatic heterocycles. The molecular weight excluding hydrogens is 450 g/mol. The van der Waals surface area contributed by atoms with Crippen LogP contribution in [0.1, 0.15) is 24.1 Å². The van der Waals surface area contributed by atoms with Crippen molar-refractivity contribution >= 4 is 29.1 Å². The fourth-order valence-electron chi connectivity index (χ4n) is 3.97. The van der Waals surface area contributed by atoms with Gasteiger partial charge in [-0.1, -0.05) is 60.1 Å². The van der Waals surface area contributed by atoms with Crippen molar-refractivity contribution in [3.63, 3.8) is 0 Å². The molecule has 1 aliphatic rings. The Balaban J connectivity index is 1.51. The molecule has 7 nitrogen and oxygen atoms in total. The van der Waals surface area contributed by atoms with Gasteiger partial charge in [0.1, 0.15) is 24.7 Å². The zero-order valence-corrected chi connectivity index (χ0v) is 19.2. The maximum Gasteiger partial charge on any atom is 0.255 e. The van der Waals surface area contributed by atoms with Crippen LogP contribution in [-0.4, -0.2) is 20.7 Å². The van der Waals surface area contributed by atoms with Crippen LogP contribution in [0.3, 0.4) is 0 Å². The van der Waals surface area contributed by atoms with Gasteiger partial charge in [-0.05, 0) is 42.8 Å². The standard InChI is InChI=1S/C26H22ClN5O2/c1-17-23(25(33)31-20-7-3-2-4-8-20)24(32-26(30-17)28-16-29-32)21-9-5-6-10-22(21)34-15-18-11-13-19(27)14-12-18/h2-14,16,24H,15H2,1H3,(H,31,33)(H,28,29,30). The van der Waals surface area contributed by atoms with Crippen LogP contribution < -0.4 is 15.4 Å². The lowest BCUT2D eigenvalue weighted by molar-refractivity contribution is -0.113. The molecule has 0 saturated carbocycles. The van der Waals surface area contributed by atoms with Crippen LogP contribution >= 0.6 is 11.6 Å². The van der Waals surface area contributed by atoms with Gasteiger partial charge < -0.3 is 15.4 Å². The number of benzene rings is 3.